The molecule has 3 aromatic rings. The molecule has 0 spiro atoms. The van der Waals surface area contributed by atoms with Crippen molar-refractivity contribution < 1.29 is 9.90 Å². The predicted octanol–water partition coefficient (Wildman–Crippen LogP) is 2.86. The zero-order valence-corrected chi connectivity index (χ0v) is 16.5. The van der Waals surface area contributed by atoms with Crippen LogP contribution in [0.5, 0.6) is 0 Å². The predicted molar refractivity (Wildman–Crippen MR) is 113 cm³/mol. The van der Waals surface area contributed by atoms with Crippen LogP contribution in [0.25, 0.3) is 10.9 Å². The summed E-state index contributed by atoms with van der Waals surface area (Å²) >= 11 is 0. The van der Waals surface area contributed by atoms with Crippen LogP contribution in [0.1, 0.15) is 37.1 Å². The summed E-state index contributed by atoms with van der Waals surface area (Å²) in [6.45, 7) is 3.10. The molecule has 1 aliphatic heterocycles. The number of hydrogen-bond acceptors (Lipinski definition) is 4. The Labute approximate surface area is 169 Å². The maximum absolute atomic E-state index is 13.2. The number of benzene rings is 2. The number of carbonyl (C=O) groups excluding carboxylic acids is 1. The molecule has 0 radical (unpaired) electrons. The van der Waals surface area contributed by atoms with E-state index in [1.165, 1.54) is 0 Å². The first-order valence-corrected chi connectivity index (χ1v) is 10.1. The van der Waals surface area contributed by atoms with Crippen molar-refractivity contribution in [2.45, 2.75) is 38.6 Å². The maximum Gasteiger partial charge on any atom is 0.261 e. The van der Waals surface area contributed by atoms with Crippen LogP contribution >= 0.6 is 0 Å². The first kappa shape index (κ1) is 19.3. The van der Waals surface area contributed by atoms with Crippen molar-refractivity contribution in [1.82, 2.24) is 9.55 Å². The minimum atomic E-state index is -0.355. The van der Waals surface area contributed by atoms with Crippen LogP contribution in [0.3, 0.4) is 0 Å². The zero-order chi connectivity index (χ0) is 20.4. The fraction of sp³-hybridized carbons (Fsp3) is 0.348. The Bertz CT molecular complexity index is 1110. The molecule has 0 fully saturated rings. The largest absolute Gasteiger partial charge is 0.396 e. The van der Waals surface area contributed by atoms with Crippen molar-refractivity contribution in [1.29, 1.82) is 0 Å². The van der Waals surface area contributed by atoms with Gasteiger partial charge in [-0.25, -0.2) is 4.98 Å². The molecule has 0 saturated heterocycles. The second kappa shape index (κ2) is 8.17. The van der Waals surface area contributed by atoms with Crippen LogP contribution in [0.2, 0.25) is 0 Å². The molecule has 0 aliphatic carbocycles. The smallest absolute Gasteiger partial charge is 0.261 e. The summed E-state index contributed by atoms with van der Waals surface area (Å²) in [4.78, 5) is 32.9. The lowest BCUT2D eigenvalue weighted by molar-refractivity contribution is -0.119. The summed E-state index contributed by atoms with van der Waals surface area (Å²) in [5, 5.41) is 9.83. The first-order chi connectivity index (χ1) is 14.2. The molecule has 2 aromatic carbocycles. The normalized spacial score (nSPS) is 15.9. The molecule has 4 rings (SSSR count). The van der Waals surface area contributed by atoms with E-state index in [2.05, 4.69) is 6.92 Å². The number of hydrogen-bond donors (Lipinski definition) is 1. The average molecular weight is 391 g/mol. The highest BCUT2D eigenvalue weighted by Gasteiger charge is 2.37. The lowest BCUT2D eigenvalue weighted by Crippen LogP contribution is -2.32. The van der Waals surface area contributed by atoms with Crippen LogP contribution in [0.15, 0.2) is 53.3 Å². The van der Waals surface area contributed by atoms with Gasteiger partial charge in [-0.15, -0.1) is 0 Å². The minimum Gasteiger partial charge on any atom is -0.396 e. The molecule has 0 saturated carbocycles. The second-order valence-electron chi connectivity index (χ2n) is 7.38. The van der Waals surface area contributed by atoms with Gasteiger partial charge in [0.25, 0.3) is 5.56 Å². The van der Waals surface area contributed by atoms with Crippen molar-refractivity contribution in [3.8, 4) is 0 Å². The van der Waals surface area contributed by atoms with Crippen LogP contribution in [0.4, 0.5) is 5.69 Å². The van der Waals surface area contributed by atoms with Crippen molar-refractivity contribution in [3.05, 3.63) is 70.3 Å². The van der Waals surface area contributed by atoms with Crippen molar-refractivity contribution >= 4 is 22.5 Å². The van der Waals surface area contributed by atoms with E-state index < -0.39 is 0 Å². The van der Waals surface area contributed by atoms with Crippen LogP contribution in [-0.2, 0) is 17.8 Å². The molecule has 1 amide bonds. The van der Waals surface area contributed by atoms with Crippen molar-refractivity contribution in [2.24, 2.45) is 0 Å². The number of fused-ring (bicyclic) bond motifs is 2. The summed E-state index contributed by atoms with van der Waals surface area (Å²) in [6.07, 6.45) is 1.70. The van der Waals surface area contributed by atoms with Gasteiger partial charge in [0.15, 0.2) is 0 Å². The molecule has 0 unspecified atom stereocenters. The zero-order valence-electron chi connectivity index (χ0n) is 16.5. The van der Waals surface area contributed by atoms with E-state index in [1.54, 1.807) is 10.6 Å². The highest BCUT2D eigenvalue weighted by Crippen LogP contribution is 2.38. The first-order valence-electron chi connectivity index (χ1n) is 10.1. The Morgan fingerprint density at radius 2 is 1.79 bits per heavy atom. The standard InChI is InChI=1S/C23H25N3O3/c1-2-12-25-20-11-6-4-8-16(20)18(23(25)29)15-21-24-19-10-5-3-9-17(19)22(28)26(21)13-7-14-27/h3-6,8-11,18,27H,2,7,12-15H2,1H3/t18-/m1/s1. The number of nitrogens with zero attached hydrogens (tertiary/aromatic N) is 3. The Morgan fingerprint density at radius 3 is 2.59 bits per heavy atom. The molecule has 1 N–H and O–H groups in total. The fourth-order valence-electron chi connectivity index (χ4n) is 4.13. The quantitative estimate of drug-likeness (QED) is 0.672. The van der Waals surface area contributed by atoms with Gasteiger partial charge in [-0.1, -0.05) is 37.3 Å². The second-order valence-corrected chi connectivity index (χ2v) is 7.38. The lowest BCUT2D eigenvalue weighted by Gasteiger charge is -2.18. The Hall–Kier alpha value is -2.99. The maximum atomic E-state index is 13.2. The SMILES string of the molecule is CCCN1C(=O)[C@H](Cc2nc3ccccc3c(=O)n2CCCO)c2ccccc21. The van der Waals surface area contributed by atoms with E-state index in [1.807, 2.05) is 47.4 Å². The Kier molecular flexibility index (Phi) is 5.45. The third-order valence-corrected chi connectivity index (χ3v) is 5.48. The van der Waals surface area contributed by atoms with Crippen LogP contribution < -0.4 is 10.5 Å². The van der Waals surface area contributed by atoms with Gasteiger partial charge in [0.05, 0.1) is 16.8 Å². The molecule has 1 aliphatic rings. The van der Waals surface area contributed by atoms with Gasteiger partial charge in [0.2, 0.25) is 5.91 Å². The number of rotatable bonds is 7. The third-order valence-electron chi connectivity index (χ3n) is 5.48. The van der Waals surface area contributed by atoms with Crippen molar-refractivity contribution in [2.75, 3.05) is 18.1 Å². The van der Waals surface area contributed by atoms with Gasteiger partial charge < -0.3 is 10.0 Å². The fourth-order valence-corrected chi connectivity index (χ4v) is 4.13. The van der Waals surface area contributed by atoms with E-state index in [-0.39, 0.29) is 24.0 Å². The molecule has 150 valence electrons. The van der Waals surface area contributed by atoms with Gasteiger partial charge in [0.1, 0.15) is 5.82 Å². The van der Waals surface area contributed by atoms with Crippen LogP contribution in [-0.4, -0.2) is 33.7 Å². The summed E-state index contributed by atoms with van der Waals surface area (Å²) in [7, 11) is 0. The third kappa shape index (κ3) is 3.44. The van der Waals surface area contributed by atoms with Crippen LogP contribution in [0, 0.1) is 0 Å². The lowest BCUT2D eigenvalue weighted by atomic mass is 9.96. The minimum absolute atomic E-state index is 0.00578. The summed E-state index contributed by atoms with van der Waals surface area (Å²) in [5.74, 6) is 0.295. The van der Waals surface area contributed by atoms with E-state index in [0.29, 0.717) is 42.7 Å². The monoisotopic (exact) mass is 391 g/mol. The molecule has 2 heterocycles. The summed E-state index contributed by atoms with van der Waals surface area (Å²) in [5.41, 5.74) is 2.46. The number of aromatic nitrogens is 2. The molecular weight excluding hydrogens is 366 g/mol. The summed E-state index contributed by atoms with van der Waals surface area (Å²) < 4.78 is 1.62. The van der Waals surface area contributed by atoms with Gasteiger partial charge in [0, 0.05) is 31.8 Å². The number of aliphatic hydroxyl groups excluding tert-OH is 1. The molecular formula is C23H25N3O3. The van der Waals surface area contributed by atoms with E-state index in [0.717, 1.165) is 17.7 Å². The number of anilines is 1. The number of aliphatic hydroxyl groups is 1. The average Bonchev–Trinajstić information content (AvgIpc) is 3.00. The molecule has 6 heteroatoms. The highest BCUT2D eigenvalue weighted by molar-refractivity contribution is 6.05. The van der Waals surface area contributed by atoms with E-state index >= 15 is 0 Å². The topological polar surface area (TPSA) is 75.4 Å². The molecule has 6 nitrogen and oxygen atoms in total. The van der Waals surface area contributed by atoms with Gasteiger partial charge in [-0.05, 0) is 36.6 Å². The summed E-state index contributed by atoms with van der Waals surface area (Å²) in [6, 6.07) is 15.1. The van der Waals surface area contributed by atoms with Gasteiger partial charge >= 0.3 is 0 Å². The molecule has 1 atom stereocenters. The number of para-hydroxylation sites is 2. The number of amides is 1. The Morgan fingerprint density at radius 1 is 1.03 bits per heavy atom. The van der Waals surface area contributed by atoms with E-state index in [9.17, 15) is 14.7 Å². The number of carbonyl (C=O) groups is 1. The van der Waals surface area contributed by atoms with E-state index in [4.69, 9.17) is 4.98 Å². The molecule has 1 aromatic heterocycles. The highest BCUT2D eigenvalue weighted by atomic mass is 16.3. The van der Waals surface area contributed by atoms with Gasteiger partial charge in [-0.2, -0.15) is 0 Å². The molecule has 0 bridgehead atoms. The van der Waals surface area contributed by atoms with Crippen molar-refractivity contribution in [3.63, 3.8) is 0 Å². The molecule has 29 heavy (non-hydrogen) atoms. The van der Waals surface area contributed by atoms with Gasteiger partial charge in [-0.3, -0.25) is 14.2 Å². The Balaban J connectivity index is 1.79.